The molecule has 10 nitrogen and oxygen atoms in total. The molecule has 0 atom stereocenters. The molecule has 1 saturated heterocycles. The van der Waals surface area contributed by atoms with E-state index in [9.17, 15) is 4.79 Å². The lowest BCUT2D eigenvalue weighted by atomic mass is 9.93. The first-order valence-electron chi connectivity index (χ1n) is 11.8. The average molecular weight is 498 g/mol. The molecule has 0 amide bonds. The first-order chi connectivity index (χ1) is 17.1. The number of halogens is 1. The molecule has 3 aromatic rings. The van der Waals surface area contributed by atoms with E-state index in [1.807, 2.05) is 24.5 Å². The molecule has 0 N–H and O–H groups in total. The maximum atomic E-state index is 11.5. The lowest BCUT2D eigenvalue weighted by Crippen LogP contribution is -2.34. The minimum atomic E-state index is -0.133. The first-order valence-corrected chi connectivity index (χ1v) is 12.1. The van der Waals surface area contributed by atoms with E-state index in [-0.39, 0.29) is 5.97 Å². The van der Waals surface area contributed by atoms with Crippen LogP contribution in [0.5, 0.6) is 11.6 Å². The van der Waals surface area contributed by atoms with Crippen molar-refractivity contribution in [3.05, 3.63) is 53.5 Å². The third kappa shape index (κ3) is 5.88. The summed E-state index contributed by atoms with van der Waals surface area (Å²) in [5.74, 6) is 2.80. The predicted molar refractivity (Wildman–Crippen MR) is 129 cm³/mol. The summed E-state index contributed by atoms with van der Waals surface area (Å²) in [6.07, 6.45) is 9.54. The molecular formula is C24H28ClN7O3. The van der Waals surface area contributed by atoms with Crippen LogP contribution in [0.15, 0.2) is 36.9 Å². The lowest BCUT2D eigenvalue weighted by Gasteiger charge is -2.31. The number of rotatable bonds is 7. The van der Waals surface area contributed by atoms with E-state index in [0.717, 1.165) is 57.0 Å². The Morgan fingerprint density at radius 3 is 2.69 bits per heavy atom. The number of methoxy groups -OCH3 is 1. The Balaban J connectivity index is 1.18. The van der Waals surface area contributed by atoms with Crippen molar-refractivity contribution in [3.63, 3.8) is 0 Å². The van der Waals surface area contributed by atoms with E-state index in [2.05, 4.69) is 34.3 Å². The van der Waals surface area contributed by atoms with E-state index >= 15 is 0 Å². The Hall–Kier alpha value is -3.24. The predicted octanol–water partition coefficient (Wildman–Crippen LogP) is 3.31. The van der Waals surface area contributed by atoms with Gasteiger partial charge in [-0.15, -0.1) is 0 Å². The van der Waals surface area contributed by atoms with Crippen LogP contribution < -0.4 is 9.64 Å². The van der Waals surface area contributed by atoms with Crippen LogP contribution in [-0.2, 0) is 29.2 Å². The highest BCUT2D eigenvalue weighted by Crippen LogP contribution is 2.26. The summed E-state index contributed by atoms with van der Waals surface area (Å²) in [6.45, 7) is 4.93. The Labute approximate surface area is 208 Å². The summed E-state index contributed by atoms with van der Waals surface area (Å²) in [6, 6.07) is 3.75. The fourth-order valence-electron chi connectivity index (χ4n) is 4.58. The van der Waals surface area contributed by atoms with Gasteiger partial charge >= 0.3 is 5.97 Å². The summed E-state index contributed by atoms with van der Waals surface area (Å²) in [5, 5.41) is 0.374. The second-order valence-corrected chi connectivity index (χ2v) is 9.30. The highest BCUT2D eigenvalue weighted by Gasteiger charge is 2.22. The highest BCUT2D eigenvalue weighted by molar-refractivity contribution is 6.29. The Bertz CT molecular complexity index is 1160. The van der Waals surface area contributed by atoms with Crippen molar-refractivity contribution in [2.24, 2.45) is 5.92 Å². The molecule has 0 radical (unpaired) electrons. The van der Waals surface area contributed by atoms with E-state index < -0.39 is 0 Å². The zero-order valence-electron chi connectivity index (χ0n) is 19.6. The van der Waals surface area contributed by atoms with Crippen LogP contribution in [0.25, 0.3) is 0 Å². The van der Waals surface area contributed by atoms with Crippen LogP contribution in [0.3, 0.4) is 0 Å². The van der Waals surface area contributed by atoms with Crippen molar-refractivity contribution in [2.45, 2.75) is 38.9 Å². The summed E-state index contributed by atoms with van der Waals surface area (Å²) in [5.41, 5.74) is 1.02. The maximum absolute atomic E-state index is 11.5. The first kappa shape index (κ1) is 23.5. The SMILES string of the molecule is COC(=O)CC1CCN(Cc2cc(Cl)nc(Oc3cnc(N4CCn5ccnc5C4)nc3)c2)CC1. The van der Waals surface area contributed by atoms with E-state index in [1.54, 1.807) is 12.4 Å². The zero-order chi connectivity index (χ0) is 24.2. The molecule has 5 heterocycles. The second kappa shape index (κ2) is 10.6. The molecule has 0 unspecified atom stereocenters. The minimum Gasteiger partial charge on any atom is -0.469 e. The minimum absolute atomic E-state index is 0.133. The molecule has 2 aliphatic rings. The molecule has 3 aromatic heterocycles. The van der Waals surface area contributed by atoms with Crippen molar-refractivity contribution >= 4 is 23.5 Å². The van der Waals surface area contributed by atoms with Crippen molar-refractivity contribution < 1.29 is 14.3 Å². The van der Waals surface area contributed by atoms with Gasteiger partial charge in [0.05, 0.1) is 26.0 Å². The third-order valence-electron chi connectivity index (χ3n) is 6.49. The normalized spacial score (nSPS) is 16.7. The number of ether oxygens (including phenoxy) is 2. The van der Waals surface area contributed by atoms with Crippen LogP contribution in [0.1, 0.15) is 30.7 Å². The molecular weight excluding hydrogens is 470 g/mol. The van der Waals surface area contributed by atoms with Gasteiger partial charge < -0.3 is 18.9 Å². The van der Waals surface area contributed by atoms with Crippen molar-refractivity contribution in [3.8, 4) is 11.6 Å². The van der Waals surface area contributed by atoms with Crippen LogP contribution in [0, 0.1) is 5.92 Å². The number of esters is 1. The monoisotopic (exact) mass is 497 g/mol. The molecule has 1 fully saturated rings. The fourth-order valence-corrected chi connectivity index (χ4v) is 4.81. The number of hydrogen-bond acceptors (Lipinski definition) is 9. The quantitative estimate of drug-likeness (QED) is 0.359. The highest BCUT2D eigenvalue weighted by atomic mass is 35.5. The van der Waals surface area contributed by atoms with Gasteiger partial charge in [-0.1, -0.05) is 11.6 Å². The smallest absolute Gasteiger partial charge is 0.305 e. The molecule has 11 heteroatoms. The number of hydrogen-bond donors (Lipinski definition) is 0. The van der Waals surface area contributed by atoms with Gasteiger partial charge in [0.25, 0.3) is 0 Å². The van der Waals surface area contributed by atoms with Gasteiger partial charge in [-0.3, -0.25) is 9.69 Å². The topological polar surface area (TPSA) is 98.5 Å². The number of fused-ring (bicyclic) bond motifs is 1. The number of anilines is 1. The van der Waals surface area contributed by atoms with Crippen molar-refractivity contribution in [1.82, 2.24) is 29.4 Å². The summed E-state index contributed by atoms with van der Waals surface area (Å²) in [7, 11) is 1.44. The molecule has 2 aliphatic heterocycles. The zero-order valence-corrected chi connectivity index (χ0v) is 20.4. The molecule has 0 spiro atoms. The third-order valence-corrected chi connectivity index (χ3v) is 6.68. The molecule has 0 aromatic carbocycles. The number of nitrogens with zero attached hydrogens (tertiary/aromatic N) is 7. The molecule has 0 saturated carbocycles. The van der Waals surface area contributed by atoms with Gasteiger partial charge in [-0.2, -0.15) is 0 Å². The van der Waals surface area contributed by atoms with Crippen molar-refractivity contribution in [2.75, 3.05) is 31.6 Å². The second-order valence-electron chi connectivity index (χ2n) is 8.92. The van der Waals surface area contributed by atoms with Gasteiger partial charge in [-0.05, 0) is 43.5 Å². The number of carbonyl (C=O) groups is 1. The molecule has 5 rings (SSSR count). The lowest BCUT2D eigenvalue weighted by molar-refractivity contribution is -0.142. The van der Waals surface area contributed by atoms with E-state index in [1.165, 1.54) is 7.11 Å². The molecule has 0 bridgehead atoms. The summed E-state index contributed by atoms with van der Waals surface area (Å²) >= 11 is 6.28. The molecule has 184 valence electrons. The van der Waals surface area contributed by atoms with Gasteiger partial charge in [0.15, 0.2) is 5.75 Å². The number of aromatic nitrogens is 5. The number of likely N-dealkylation sites (tertiary alicyclic amines) is 1. The number of carbonyl (C=O) groups excluding carboxylic acids is 1. The van der Waals surface area contributed by atoms with Crippen LogP contribution in [-0.4, -0.2) is 62.1 Å². The van der Waals surface area contributed by atoms with Gasteiger partial charge in [0.2, 0.25) is 11.8 Å². The number of imidazole rings is 1. The Morgan fingerprint density at radius 2 is 1.91 bits per heavy atom. The largest absolute Gasteiger partial charge is 0.469 e. The maximum Gasteiger partial charge on any atom is 0.305 e. The summed E-state index contributed by atoms with van der Waals surface area (Å²) < 4.78 is 12.9. The Morgan fingerprint density at radius 1 is 1.11 bits per heavy atom. The number of pyridine rings is 1. The molecule has 0 aliphatic carbocycles. The summed E-state index contributed by atoms with van der Waals surface area (Å²) in [4.78, 5) is 33.6. The van der Waals surface area contributed by atoms with Gasteiger partial charge in [-0.25, -0.2) is 19.9 Å². The van der Waals surface area contributed by atoms with E-state index in [0.29, 0.717) is 41.6 Å². The fraction of sp³-hybridized carbons (Fsp3) is 0.458. The van der Waals surface area contributed by atoms with Crippen LogP contribution >= 0.6 is 11.6 Å². The van der Waals surface area contributed by atoms with E-state index in [4.69, 9.17) is 21.1 Å². The number of piperidine rings is 1. The molecule has 35 heavy (non-hydrogen) atoms. The Kier molecular flexibility index (Phi) is 7.10. The van der Waals surface area contributed by atoms with Crippen LogP contribution in [0.4, 0.5) is 5.95 Å². The average Bonchev–Trinajstić information content (AvgIpc) is 3.33. The van der Waals surface area contributed by atoms with Crippen molar-refractivity contribution in [1.29, 1.82) is 0 Å². The van der Waals surface area contributed by atoms with Crippen LogP contribution in [0.2, 0.25) is 5.15 Å². The standard InChI is InChI=1S/C24H28ClN7O3/c1-34-23(33)12-17-2-5-30(6-3-17)15-18-10-20(25)29-22(11-18)35-19-13-27-24(28-14-19)32-9-8-31-7-4-26-21(31)16-32/h4,7,10-11,13-14,17H,2-3,5-6,8-9,12,15-16H2,1H3. The van der Waals surface area contributed by atoms with Gasteiger partial charge in [0, 0.05) is 44.5 Å². The van der Waals surface area contributed by atoms with Gasteiger partial charge in [0.1, 0.15) is 11.0 Å².